The van der Waals surface area contributed by atoms with Crippen molar-refractivity contribution in [2.45, 2.75) is 56.5 Å². The summed E-state index contributed by atoms with van der Waals surface area (Å²) in [5.74, 6) is 1.07. The van der Waals surface area contributed by atoms with Crippen LogP contribution in [-0.2, 0) is 0 Å². The molecule has 6 heteroatoms. The fraction of sp³-hybridized carbons (Fsp3) is 0.600. The van der Waals surface area contributed by atoms with Gasteiger partial charge in [0, 0.05) is 30.0 Å². The van der Waals surface area contributed by atoms with E-state index < -0.39 is 0 Å². The fourth-order valence-corrected chi connectivity index (χ4v) is 3.37. The zero-order valence-corrected chi connectivity index (χ0v) is 12.1. The van der Waals surface area contributed by atoms with Crippen LogP contribution in [0.25, 0.3) is 5.65 Å². The Bertz CT molecular complexity index is 651. The van der Waals surface area contributed by atoms with E-state index in [0.717, 1.165) is 42.6 Å². The molecule has 2 fully saturated rings. The Morgan fingerprint density at radius 2 is 1.90 bits per heavy atom. The fourth-order valence-electron chi connectivity index (χ4n) is 3.37. The van der Waals surface area contributed by atoms with Crippen LogP contribution < -0.4 is 16.8 Å². The molecular formula is C15H22N6. The molecule has 2 saturated carbocycles. The molecule has 2 aromatic rings. The molecule has 6 nitrogen and oxygen atoms in total. The lowest BCUT2D eigenvalue weighted by atomic mass is 9.81. The summed E-state index contributed by atoms with van der Waals surface area (Å²) in [7, 11) is 0. The van der Waals surface area contributed by atoms with Gasteiger partial charge >= 0.3 is 0 Å². The number of anilines is 2. The maximum absolute atomic E-state index is 6.28. The van der Waals surface area contributed by atoms with Crippen LogP contribution in [0.3, 0.4) is 0 Å². The van der Waals surface area contributed by atoms with Crippen molar-refractivity contribution in [1.82, 2.24) is 14.6 Å². The van der Waals surface area contributed by atoms with E-state index in [1.165, 1.54) is 12.8 Å². The summed E-state index contributed by atoms with van der Waals surface area (Å²) < 4.78 is 1.78. The number of nitrogen functional groups attached to an aromatic ring is 1. The number of nitrogens with one attached hydrogen (secondary N) is 1. The van der Waals surface area contributed by atoms with Gasteiger partial charge in [-0.1, -0.05) is 0 Å². The van der Waals surface area contributed by atoms with Gasteiger partial charge in [-0.3, -0.25) is 0 Å². The van der Waals surface area contributed by atoms with Crippen molar-refractivity contribution in [1.29, 1.82) is 0 Å². The van der Waals surface area contributed by atoms with Gasteiger partial charge in [-0.25, -0.2) is 9.50 Å². The first-order valence-corrected chi connectivity index (χ1v) is 7.87. The number of imidazole rings is 1. The van der Waals surface area contributed by atoms with Crippen molar-refractivity contribution in [3.05, 3.63) is 18.0 Å². The third-order valence-corrected chi connectivity index (χ3v) is 4.71. The highest BCUT2D eigenvalue weighted by Gasteiger charge is 2.30. The predicted molar refractivity (Wildman–Crippen MR) is 83.2 cm³/mol. The summed E-state index contributed by atoms with van der Waals surface area (Å²) >= 11 is 0. The van der Waals surface area contributed by atoms with Crippen LogP contribution in [0, 0.1) is 0 Å². The maximum Gasteiger partial charge on any atom is 0.177 e. The Hall–Kier alpha value is -1.82. The van der Waals surface area contributed by atoms with Crippen LogP contribution >= 0.6 is 0 Å². The van der Waals surface area contributed by atoms with Gasteiger partial charge < -0.3 is 16.8 Å². The van der Waals surface area contributed by atoms with Crippen molar-refractivity contribution >= 4 is 17.2 Å². The lowest BCUT2D eigenvalue weighted by molar-refractivity contribution is 0.396. The average Bonchev–Trinajstić information content (AvgIpc) is 3.16. The van der Waals surface area contributed by atoms with E-state index in [-0.39, 0.29) is 0 Å². The molecule has 21 heavy (non-hydrogen) atoms. The first-order chi connectivity index (χ1) is 10.2. The van der Waals surface area contributed by atoms with E-state index in [1.807, 2.05) is 6.20 Å². The topological polar surface area (TPSA) is 94.3 Å². The number of nitrogens with two attached hydrogens (primary N) is 2. The smallest absolute Gasteiger partial charge is 0.177 e. The quantitative estimate of drug-likeness (QED) is 0.800. The van der Waals surface area contributed by atoms with Gasteiger partial charge in [0.05, 0.1) is 5.69 Å². The van der Waals surface area contributed by atoms with Crippen molar-refractivity contribution in [3.63, 3.8) is 0 Å². The largest absolute Gasteiger partial charge is 0.382 e. The first-order valence-electron chi connectivity index (χ1n) is 7.87. The molecule has 2 heterocycles. The van der Waals surface area contributed by atoms with E-state index >= 15 is 0 Å². The minimum absolute atomic E-state index is 0.338. The average molecular weight is 286 g/mol. The maximum atomic E-state index is 6.28. The van der Waals surface area contributed by atoms with E-state index in [0.29, 0.717) is 23.8 Å². The van der Waals surface area contributed by atoms with Crippen LogP contribution in [0.5, 0.6) is 0 Å². The molecule has 0 amide bonds. The number of aromatic nitrogens is 3. The molecule has 0 aliphatic heterocycles. The van der Waals surface area contributed by atoms with E-state index in [1.54, 1.807) is 10.7 Å². The lowest BCUT2D eigenvalue weighted by Crippen LogP contribution is -2.27. The molecule has 4 rings (SSSR count). The number of nitrogens with zero attached hydrogens (tertiary/aromatic N) is 3. The Labute approximate surface area is 123 Å². The van der Waals surface area contributed by atoms with Crippen LogP contribution in [0.1, 0.15) is 50.0 Å². The highest BCUT2D eigenvalue weighted by atomic mass is 15.3. The van der Waals surface area contributed by atoms with Gasteiger partial charge in [0.1, 0.15) is 5.82 Å². The Balaban J connectivity index is 1.79. The molecule has 2 aromatic heterocycles. The number of hydrogen-bond acceptors (Lipinski definition) is 5. The van der Waals surface area contributed by atoms with Crippen LogP contribution in [0.15, 0.2) is 12.4 Å². The molecule has 0 atom stereocenters. The number of rotatable bonds is 3. The zero-order chi connectivity index (χ0) is 14.4. The second-order valence-electron chi connectivity index (χ2n) is 6.40. The molecule has 0 radical (unpaired) electrons. The summed E-state index contributed by atoms with van der Waals surface area (Å²) in [6.07, 6.45) is 10.4. The highest BCUT2D eigenvalue weighted by molar-refractivity contribution is 5.76. The first kappa shape index (κ1) is 12.9. The second kappa shape index (κ2) is 4.87. The molecule has 2 aliphatic rings. The van der Waals surface area contributed by atoms with Gasteiger partial charge in [0.15, 0.2) is 5.65 Å². The predicted octanol–water partition coefficient (Wildman–Crippen LogP) is 1.87. The SMILES string of the molecule is Nc1nn2ccnc2c(NC2CC2)c1C1CCC(N)CC1. The van der Waals surface area contributed by atoms with Crippen molar-refractivity contribution in [2.75, 3.05) is 11.1 Å². The Morgan fingerprint density at radius 3 is 2.62 bits per heavy atom. The van der Waals surface area contributed by atoms with Gasteiger partial charge in [-0.15, -0.1) is 5.10 Å². The molecule has 0 bridgehead atoms. The monoisotopic (exact) mass is 286 g/mol. The van der Waals surface area contributed by atoms with E-state index in [9.17, 15) is 0 Å². The molecule has 0 aromatic carbocycles. The third-order valence-electron chi connectivity index (χ3n) is 4.71. The van der Waals surface area contributed by atoms with Gasteiger partial charge in [-0.05, 0) is 44.4 Å². The van der Waals surface area contributed by atoms with E-state index in [2.05, 4.69) is 15.4 Å². The van der Waals surface area contributed by atoms with Crippen LogP contribution in [0.2, 0.25) is 0 Å². The van der Waals surface area contributed by atoms with Crippen LogP contribution in [0.4, 0.5) is 11.5 Å². The Kier molecular flexibility index (Phi) is 2.99. The van der Waals surface area contributed by atoms with Crippen molar-refractivity contribution in [2.24, 2.45) is 5.73 Å². The lowest BCUT2D eigenvalue weighted by Gasteiger charge is -2.28. The highest BCUT2D eigenvalue weighted by Crippen LogP contribution is 2.41. The molecule has 112 valence electrons. The van der Waals surface area contributed by atoms with Crippen molar-refractivity contribution < 1.29 is 0 Å². The Morgan fingerprint density at radius 1 is 1.14 bits per heavy atom. The summed E-state index contributed by atoms with van der Waals surface area (Å²) in [5.41, 5.74) is 15.5. The normalized spacial score (nSPS) is 26.1. The molecule has 0 saturated heterocycles. The van der Waals surface area contributed by atoms with Crippen molar-refractivity contribution in [3.8, 4) is 0 Å². The van der Waals surface area contributed by atoms with E-state index in [4.69, 9.17) is 11.5 Å². The summed E-state index contributed by atoms with van der Waals surface area (Å²) in [5, 5.41) is 8.11. The number of fused-ring (bicyclic) bond motifs is 1. The molecule has 0 unspecified atom stereocenters. The molecular weight excluding hydrogens is 264 g/mol. The van der Waals surface area contributed by atoms with Gasteiger partial charge in [0.2, 0.25) is 0 Å². The minimum Gasteiger partial charge on any atom is -0.382 e. The van der Waals surface area contributed by atoms with Gasteiger partial charge in [0.25, 0.3) is 0 Å². The summed E-state index contributed by atoms with van der Waals surface area (Å²) in [6.45, 7) is 0. The number of hydrogen-bond donors (Lipinski definition) is 3. The standard InChI is InChI=1S/C15H22N6/c16-10-3-1-9(2-4-10)12-13(19-11-5-6-11)15-18-7-8-21(15)20-14(12)17/h7-11,19H,1-6,16H2,(H2,17,20). The summed E-state index contributed by atoms with van der Waals surface area (Å²) in [4.78, 5) is 4.47. The minimum atomic E-state index is 0.338. The zero-order valence-electron chi connectivity index (χ0n) is 12.1. The summed E-state index contributed by atoms with van der Waals surface area (Å²) in [6, 6.07) is 0.905. The van der Waals surface area contributed by atoms with Gasteiger partial charge in [-0.2, -0.15) is 0 Å². The second-order valence-corrected chi connectivity index (χ2v) is 6.40. The molecule has 0 spiro atoms. The molecule has 5 N–H and O–H groups in total. The molecule has 2 aliphatic carbocycles. The van der Waals surface area contributed by atoms with Crippen LogP contribution in [-0.4, -0.2) is 26.7 Å². The third kappa shape index (κ3) is 2.33.